The molecule has 0 fully saturated rings. The number of carbonyl (C=O) groups is 1. The maximum atomic E-state index is 12.0. The van der Waals surface area contributed by atoms with Crippen molar-refractivity contribution in [1.29, 1.82) is 0 Å². The molecule has 1 unspecified atom stereocenters. The van der Waals surface area contributed by atoms with E-state index < -0.39 is 0 Å². The second-order valence-corrected chi connectivity index (χ2v) is 5.66. The number of aryl methyl sites for hydroxylation is 1. The highest BCUT2D eigenvalue weighted by Crippen LogP contribution is 2.35. The summed E-state index contributed by atoms with van der Waals surface area (Å²) >= 11 is 0. The SMILES string of the molecule is CCOC(=O)CC(c1ccccc1)c1occ2cc(C)ccc12. The van der Waals surface area contributed by atoms with Gasteiger partial charge < -0.3 is 9.15 Å². The lowest BCUT2D eigenvalue weighted by Crippen LogP contribution is -2.11. The second-order valence-electron chi connectivity index (χ2n) is 5.66. The number of hydrogen-bond acceptors (Lipinski definition) is 3. The third kappa shape index (κ3) is 3.29. The first kappa shape index (κ1) is 15.3. The van der Waals surface area contributed by atoms with E-state index in [1.54, 1.807) is 6.26 Å². The molecule has 3 aromatic rings. The van der Waals surface area contributed by atoms with E-state index in [9.17, 15) is 4.79 Å². The number of fused-ring (bicyclic) bond motifs is 1. The monoisotopic (exact) mass is 308 g/mol. The Hall–Kier alpha value is -2.55. The number of esters is 1. The Bertz CT molecular complexity index is 802. The van der Waals surface area contributed by atoms with Crippen LogP contribution in [0, 0.1) is 6.92 Å². The van der Waals surface area contributed by atoms with Crippen LogP contribution in [0.4, 0.5) is 0 Å². The molecular weight excluding hydrogens is 288 g/mol. The number of benzene rings is 2. The van der Waals surface area contributed by atoms with Crippen LogP contribution in [0.5, 0.6) is 0 Å². The predicted molar refractivity (Wildman–Crippen MR) is 90.5 cm³/mol. The topological polar surface area (TPSA) is 39.4 Å². The molecular formula is C20H20O3. The molecule has 3 nitrogen and oxygen atoms in total. The fourth-order valence-electron chi connectivity index (χ4n) is 2.90. The van der Waals surface area contributed by atoms with Gasteiger partial charge in [0.15, 0.2) is 0 Å². The highest BCUT2D eigenvalue weighted by molar-refractivity contribution is 5.86. The number of rotatable bonds is 5. The maximum Gasteiger partial charge on any atom is 0.306 e. The summed E-state index contributed by atoms with van der Waals surface area (Å²) in [5.74, 6) is 0.465. The molecule has 1 heterocycles. The van der Waals surface area contributed by atoms with Crippen molar-refractivity contribution in [2.75, 3.05) is 6.61 Å². The van der Waals surface area contributed by atoms with Gasteiger partial charge in [0.05, 0.1) is 25.2 Å². The van der Waals surface area contributed by atoms with E-state index in [1.165, 1.54) is 5.56 Å². The molecule has 0 amide bonds. The lowest BCUT2D eigenvalue weighted by molar-refractivity contribution is -0.143. The van der Waals surface area contributed by atoms with Crippen LogP contribution >= 0.6 is 0 Å². The second kappa shape index (κ2) is 6.69. The summed E-state index contributed by atoms with van der Waals surface area (Å²) < 4.78 is 11.0. The third-order valence-electron chi connectivity index (χ3n) is 3.98. The van der Waals surface area contributed by atoms with Crippen LogP contribution in [-0.4, -0.2) is 12.6 Å². The summed E-state index contributed by atoms with van der Waals surface area (Å²) in [7, 11) is 0. The molecule has 0 aliphatic heterocycles. The molecule has 0 saturated heterocycles. The molecule has 0 bridgehead atoms. The summed E-state index contributed by atoms with van der Waals surface area (Å²) in [4.78, 5) is 12.0. The van der Waals surface area contributed by atoms with Crippen LogP contribution in [-0.2, 0) is 9.53 Å². The molecule has 1 atom stereocenters. The Balaban J connectivity index is 2.04. The molecule has 3 rings (SSSR count). The van der Waals surface area contributed by atoms with Crippen molar-refractivity contribution < 1.29 is 13.9 Å². The summed E-state index contributed by atoms with van der Waals surface area (Å²) in [6.07, 6.45) is 2.03. The lowest BCUT2D eigenvalue weighted by Gasteiger charge is -2.15. The van der Waals surface area contributed by atoms with E-state index in [4.69, 9.17) is 9.15 Å². The van der Waals surface area contributed by atoms with Gasteiger partial charge in [0.25, 0.3) is 0 Å². The van der Waals surface area contributed by atoms with Crippen molar-refractivity contribution in [3.63, 3.8) is 0 Å². The summed E-state index contributed by atoms with van der Waals surface area (Å²) in [5, 5.41) is 2.11. The van der Waals surface area contributed by atoms with Gasteiger partial charge in [-0.25, -0.2) is 0 Å². The van der Waals surface area contributed by atoms with Gasteiger partial charge in [-0.1, -0.05) is 48.0 Å². The standard InChI is InChI=1S/C20H20O3/c1-3-22-19(21)12-18(15-7-5-4-6-8-15)20-17-10-9-14(2)11-16(17)13-23-20/h4-11,13,18H,3,12H2,1-2H3. The lowest BCUT2D eigenvalue weighted by atomic mass is 9.91. The number of hydrogen-bond donors (Lipinski definition) is 0. The fraction of sp³-hybridized carbons (Fsp3) is 0.250. The Morgan fingerprint density at radius 2 is 1.96 bits per heavy atom. The van der Waals surface area contributed by atoms with E-state index in [1.807, 2.05) is 37.3 Å². The Morgan fingerprint density at radius 1 is 1.17 bits per heavy atom. The van der Waals surface area contributed by atoms with E-state index >= 15 is 0 Å². The maximum absolute atomic E-state index is 12.0. The molecule has 2 aromatic carbocycles. The van der Waals surface area contributed by atoms with Gasteiger partial charge in [-0.3, -0.25) is 4.79 Å². The van der Waals surface area contributed by atoms with Crippen molar-refractivity contribution in [3.8, 4) is 0 Å². The van der Waals surface area contributed by atoms with Gasteiger partial charge in [-0.15, -0.1) is 0 Å². The van der Waals surface area contributed by atoms with Crippen LogP contribution in [0.3, 0.4) is 0 Å². The van der Waals surface area contributed by atoms with Crippen molar-refractivity contribution in [1.82, 2.24) is 0 Å². The zero-order valence-electron chi connectivity index (χ0n) is 13.4. The highest BCUT2D eigenvalue weighted by atomic mass is 16.5. The third-order valence-corrected chi connectivity index (χ3v) is 3.98. The highest BCUT2D eigenvalue weighted by Gasteiger charge is 2.24. The van der Waals surface area contributed by atoms with Crippen LogP contribution in [0.2, 0.25) is 0 Å². The van der Waals surface area contributed by atoms with Gasteiger partial charge in [-0.2, -0.15) is 0 Å². The van der Waals surface area contributed by atoms with E-state index in [0.717, 1.165) is 22.1 Å². The number of ether oxygens (including phenoxy) is 1. The largest absolute Gasteiger partial charge is 0.467 e. The average Bonchev–Trinajstić information content (AvgIpc) is 2.96. The fourth-order valence-corrected chi connectivity index (χ4v) is 2.90. The van der Waals surface area contributed by atoms with Crippen LogP contribution in [0.1, 0.15) is 36.1 Å². The summed E-state index contributed by atoms with van der Waals surface area (Å²) in [6, 6.07) is 16.2. The Labute approximate surface area is 135 Å². The van der Waals surface area contributed by atoms with Crippen LogP contribution in [0.25, 0.3) is 10.8 Å². The average molecular weight is 308 g/mol. The van der Waals surface area contributed by atoms with Crippen molar-refractivity contribution >= 4 is 16.7 Å². The zero-order valence-corrected chi connectivity index (χ0v) is 13.4. The predicted octanol–water partition coefficient (Wildman–Crippen LogP) is 4.83. The molecule has 1 aromatic heterocycles. The van der Waals surface area contributed by atoms with Gasteiger partial charge >= 0.3 is 5.97 Å². The smallest absolute Gasteiger partial charge is 0.306 e. The Morgan fingerprint density at radius 3 is 2.70 bits per heavy atom. The van der Waals surface area contributed by atoms with Crippen molar-refractivity contribution in [3.05, 3.63) is 71.7 Å². The van der Waals surface area contributed by atoms with Gasteiger partial charge in [0.2, 0.25) is 0 Å². The molecule has 118 valence electrons. The van der Waals surface area contributed by atoms with E-state index in [2.05, 4.69) is 25.1 Å². The minimum Gasteiger partial charge on any atom is -0.467 e. The number of carbonyl (C=O) groups excluding carboxylic acids is 1. The van der Waals surface area contributed by atoms with Crippen molar-refractivity contribution in [2.45, 2.75) is 26.2 Å². The minimum absolute atomic E-state index is 0.143. The molecule has 3 heteroatoms. The first-order valence-electron chi connectivity index (χ1n) is 7.87. The van der Waals surface area contributed by atoms with Crippen LogP contribution in [0.15, 0.2) is 59.2 Å². The zero-order chi connectivity index (χ0) is 16.2. The normalized spacial score (nSPS) is 12.3. The molecule has 0 N–H and O–H groups in total. The van der Waals surface area contributed by atoms with Crippen molar-refractivity contribution in [2.24, 2.45) is 0 Å². The quantitative estimate of drug-likeness (QED) is 0.634. The number of furan rings is 1. The first-order valence-corrected chi connectivity index (χ1v) is 7.87. The Kier molecular flexibility index (Phi) is 4.47. The van der Waals surface area contributed by atoms with Gasteiger partial charge in [-0.05, 0) is 25.5 Å². The van der Waals surface area contributed by atoms with Gasteiger partial charge in [0, 0.05) is 10.8 Å². The van der Waals surface area contributed by atoms with E-state index in [0.29, 0.717) is 6.61 Å². The molecule has 0 saturated carbocycles. The summed E-state index contributed by atoms with van der Waals surface area (Å²) in [5.41, 5.74) is 2.24. The molecule has 23 heavy (non-hydrogen) atoms. The van der Waals surface area contributed by atoms with Gasteiger partial charge in [0.1, 0.15) is 5.76 Å². The molecule has 0 spiro atoms. The molecule has 0 aliphatic carbocycles. The minimum atomic E-state index is -0.210. The van der Waals surface area contributed by atoms with Crippen LogP contribution < -0.4 is 0 Å². The van der Waals surface area contributed by atoms with E-state index in [-0.39, 0.29) is 18.3 Å². The summed E-state index contributed by atoms with van der Waals surface area (Å²) in [6.45, 7) is 4.26. The first-order chi connectivity index (χ1) is 11.2. The molecule has 0 radical (unpaired) electrons. The molecule has 0 aliphatic rings.